The molecule has 0 bridgehead atoms. The molecule has 26 heavy (non-hydrogen) atoms. The Labute approximate surface area is 150 Å². The summed E-state index contributed by atoms with van der Waals surface area (Å²) in [6.45, 7) is 1.07. The van der Waals surface area contributed by atoms with E-state index in [1.807, 2.05) is 0 Å². The molecule has 0 atom stereocenters. The standard InChI is InChI=1S/C19H22F2N2O3/c20-13-3-4-15(16(21)11-13)17(24)5-6-18(25)23-9-7-14(8-10-23)22-19(26)12-1-2-12/h3-4,11-12,14H,1-2,5-10H2,(H,22,26). The van der Waals surface area contributed by atoms with Crippen LogP contribution in [0.2, 0.25) is 0 Å². The third-order valence-electron chi connectivity index (χ3n) is 4.94. The predicted octanol–water partition coefficient (Wildman–Crippen LogP) is 2.44. The summed E-state index contributed by atoms with van der Waals surface area (Å²) in [6, 6.07) is 2.89. The number of carbonyl (C=O) groups is 3. The van der Waals surface area contributed by atoms with Crippen molar-refractivity contribution in [3.8, 4) is 0 Å². The van der Waals surface area contributed by atoms with Crippen molar-refractivity contribution in [3.05, 3.63) is 35.4 Å². The first kappa shape index (κ1) is 18.5. The summed E-state index contributed by atoms with van der Waals surface area (Å²) in [5.74, 6) is -2.04. The number of nitrogens with one attached hydrogen (secondary N) is 1. The summed E-state index contributed by atoms with van der Waals surface area (Å²) in [4.78, 5) is 37.7. The first-order chi connectivity index (χ1) is 12.4. The molecule has 1 aliphatic heterocycles. The quantitative estimate of drug-likeness (QED) is 0.789. The molecule has 7 heteroatoms. The number of ketones is 1. The number of rotatable bonds is 6. The molecule has 1 saturated carbocycles. The maximum Gasteiger partial charge on any atom is 0.223 e. The molecule has 1 N–H and O–H groups in total. The molecule has 2 amide bonds. The van der Waals surface area contributed by atoms with Gasteiger partial charge in [-0.15, -0.1) is 0 Å². The Kier molecular flexibility index (Phi) is 5.64. The summed E-state index contributed by atoms with van der Waals surface area (Å²) in [5.41, 5.74) is -0.194. The number of hydrogen-bond acceptors (Lipinski definition) is 3. The van der Waals surface area contributed by atoms with Crippen LogP contribution >= 0.6 is 0 Å². The second kappa shape index (κ2) is 7.93. The van der Waals surface area contributed by atoms with E-state index in [0.717, 1.165) is 25.0 Å². The van der Waals surface area contributed by atoms with Gasteiger partial charge in [-0.1, -0.05) is 0 Å². The average Bonchev–Trinajstić information content (AvgIpc) is 3.45. The summed E-state index contributed by atoms with van der Waals surface area (Å²) in [6.07, 6.45) is 3.21. The predicted molar refractivity (Wildman–Crippen MR) is 90.4 cm³/mol. The van der Waals surface area contributed by atoms with Crippen LogP contribution in [-0.4, -0.2) is 41.6 Å². The van der Waals surface area contributed by atoms with Crippen LogP contribution in [0.4, 0.5) is 8.78 Å². The third-order valence-corrected chi connectivity index (χ3v) is 4.94. The highest BCUT2D eigenvalue weighted by atomic mass is 19.1. The molecule has 0 spiro atoms. The summed E-state index contributed by atoms with van der Waals surface area (Å²) >= 11 is 0. The van der Waals surface area contributed by atoms with Crippen LogP contribution in [0.1, 0.15) is 48.9 Å². The normalized spacial score (nSPS) is 17.8. The van der Waals surface area contributed by atoms with E-state index in [-0.39, 0.29) is 42.2 Å². The molecule has 0 aromatic heterocycles. The van der Waals surface area contributed by atoms with Crippen molar-refractivity contribution in [1.29, 1.82) is 0 Å². The molecule has 3 rings (SSSR count). The van der Waals surface area contributed by atoms with E-state index in [0.29, 0.717) is 32.0 Å². The van der Waals surface area contributed by atoms with Gasteiger partial charge in [0.25, 0.3) is 0 Å². The van der Waals surface area contributed by atoms with E-state index in [1.54, 1.807) is 4.90 Å². The first-order valence-corrected chi connectivity index (χ1v) is 9.00. The molecule has 0 unspecified atom stereocenters. The molecular weight excluding hydrogens is 342 g/mol. The minimum Gasteiger partial charge on any atom is -0.353 e. The van der Waals surface area contributed by atoms with Crippen LogP contribution in [0.3, 0.4) is 0 Å². The highest BCUT2D eigenvalue weighted by Crippen LogP contribution is 2.29. The summed E-state index contributed by atoms with van der Waals surface area (Å²) < 4.78 is 26.5. The molecule has 1 aromatic rings. The topological polar surface area (TPSA) is 66.5 Å². The van der Waals surface area contributed by atoms with Crippen molar-refractivity contribution in [2.24, 2.45) is 5.92 Å². The van der Waals surface area contributed by atoms with E-state index in [1.165, 1.54) is 0 Å². The average molecular weight is 364 g/mol. The van der Waals surface area contributed by atoms with E-state index in [4.69, 9.17) is 0 Å². The van der Waals surface area contributed by atoms with Gasteiger partial charge in [0.2, 0.25) is 11.8 Å². The van der Waals surface area contributed by atoms with Crippen molar-refractivity contribution in [2.75, 3.05) is 13.1 Å². The zero-order chi connectivity index (χ0) is 18.7. The van der Waals surface area contributed by atoms with Crippen LogP contribution in [0, 0.1) is 17.6 Å². The zero-order valence-electron chi connectivity index (χ0n) is 14.5. The number of amides is 2. The van der Waals surface area contributed by atoms with Crippen molar-refractivity contribution >= 4 is 17.6 Å². The minimum absolute atomic E-state index is 0.00521. The van der Waals surface area contributed by atoms with Crippen LogP contribution in [0.5, 0.6) is 0 Å². The fourth-order valence-corrected chi connectivity index (χ4v) is 3.17. The number of hydrogen-bond donors (Lipinski definition) is 1. The number of carbonyl (C=O) groups excluding carboxylic acids is 3. The molecule has 0 radical (unpaired) electrons. The second-order valence-corrected chi connectivity index (χ2v) is 6.99. The summed E-state index contributed by atoms with van der Waals surface area (Å²) in [5, 5.41) is 3.02. The van der Waals surface area contributed by atoms with Gasteiger partial charge < -0.3 is 10.2 Å². The van der Waals surface area contributed by atoms with Crippen LogP contribution < -0.4 is 5.32 Å². The lowest BCUT2D eigenvalue weighted by atomic mass is 10.0. The van der Waals surface area contributed by atoms with Crippen molar-refractivity contribution in [3.63, 3.8) is 0 Å². The molecule has 2 fully saturated rings. The van der Waals surface area contributed by atoms with E-state index >= 15 is 0 Å². The maximum absolute atomic E-state index is 13.6. The highest BCUT2D eigenvalue weighted by molar-refractivity contribution is 5.98. The maximum atomic E-state index is 13.6. The van der Waals surface area contributed by atoms with Crippen molar-refractivity contribution in [2.45, 2.75) is 44.6 Å². The largest absolute Gasteiger partial charge is 0.353 e. The van der Waals surface area contributed by atoms with Gasteiger partial charge in [0.15, 0.2) is 5.78 Å². The monoisotopic (exact) mass is 364 g/mol. The van der Waals surface area contributed by atoms with Crippen molar-refractivity contribution in [1.82, 2.24) is 10.2 Å². The van der Waals surface area contributed by atoms with Gasteiger partial charge in [0, 0.05) is 44.0 Å². The molecule has 1 saturated heterocycles. The lowest BCUT2D eigenvalue weighted by Crippen LogP contribution is -2.46. The Morgan fingerprint density at radius 1 is 1.04 bits per heavy atom. The fourth-order valence-electron chi connectivity index (χ4n) is 3.17. The van der Waals surface area contributed by atoms with Crippen LogP contribution in [-0.2, 0) is 9.59 Å². The smallest absolute Gasteiger partial charge is 0.223 e. The molecule has 1 aliphatic carbocycles. The first-order valence-electron chi connectivity index (χ1n) is 9.00. The van der Waals surface area contributed by atoms with Crippen molar-refractivity contribution < 1.29 is 23.2 Å². The van der Waals surface area contributed by atoms with Gasteiger partial charge in [0.1, 0.15) is 11.6 Å². The van der Waals surface area contributed by atoms with Gasteiger partial charge >= 0.3 is 0 Å². The van der Waals surface area contributed by atoms with Gasteiger partial charge in [-0.3, -0.25) is 14.4 Å². The Hall–Kier alpha value is -2.31. The van der Waals surface area contributed by atoms with E-state index in [9.17, 15) is 23.2 Å². The Morgan fingerprint density at radius 2 is 1.73 bits per heavy atom. The lowest BCUT2D eigenvalue weighted by molar-refractivity contribution is -0.132. The number of piperidine rings is 1. The number of nitrogens with zero attached hydrogens (tertiary/aromatic N) is 1. The van der Waals surface area contributed by atoms with Crippen LogP contribution in [0.15, 0.2) is 18.2 Å². The number of Topliss-reactive ketones (excluding diaryl/α,β-unsaturated/α-hetero) is 1. The fraction of sp³-hybridized carbons (Fsp3) is 0.526. The SMILES string of the molecule is O=C(CCC(=O)N1CCC(NC(=O)C2CC2)CC1)c1ccc(F)cc1F. The highest BCUT2D eigenvalue weighted by Gasteiger charge is 2.32. The minimum atomic E-state index is -0.908. The van der Waals surface area contributed by atoms with Gasteiger partial charge in [-0.2, -0.15) is 0 Å². The number of halogens is 2. The Balaban J connectivity index is 1.42. The van der Waals surface area contributed by atoms with Gasteiger partial charge in [-0.05, 0) is 37.8 Å². The summed E-state index contributed by atoms with van der Waals surface area (Å²) in [7, 11) is 0. The Bertz CT molecular complexity index is 711. The molecule has 1 heterocycles. The molecular formula is C19H22F2N2O3. The third kappa shape index (κ3) is 4.65. The molecule has 140 valence electrons. The molecule has 2 aliphatic rings. The Morgan fingerprint density at radius 3 is 2.35 bits per heavy atom. The van der Waals surface area contributed by atoms with Gasteiger partial charge in [-0.25, -0.2) is 8.78 Å². The molecule has 5 nitrogen and oxygen atoms in total. The van der Waals surface area contributed by atoms with E-state index in [2.05, 4.69) is 5.32 Å². The molecule has 1 aromatic carbocycles. The lowest BCUT2D eigenvalue weighted by Gasteiger charge is -2.32. The zero-order valence-corrected chi connectivity index (χ0v) is 14.5. The number of likely N-dealkylation sites (tertiary alicyclic amines) is 1. The van der Waals surface area contributed by atoms with Crippen LogP contribution in [0.25, 0.3) is 0 Å². The second-order valence-electron chi connectivity index (χ2n) is 6.99. The number of benzene rings is 1. The van der Waals surface area contributed by atoms with Gasteiger partial charge in [0.05, 0.1) is 5.56 Å². The van der Waals surface area contributed by atoms with E-state index < -0.39 is 17.4 Å².